The molecule has 0 unspecified atom stereocenters. The predicted molar refractivity (Wildman–Crippen MR) is 113 cm³/mol. The molecule has 1 N–H and O–H groups in total. The fourth-order valence-electron chi connectivity index (χ4n) is 2.79. The van der Waals surface area contributed by atoms with Gasteiger partial charge in [-0.2, -0.15) is 0 Å². The Bertz CT molecular complexity index is 733. The summed E-state index contributed by atoms with van der Waals surface area (Å²) < 4.78 is 0. The smallest absolute Gasteiger partial charge is 0.248 e. The summed E-state index contributed by atoms with van der Waals surface area (Å²) in [5.41, 5.74) is 4.41. The molecule has 2 aromatic carbocycles. The van der Waals surface area contributed by atoms with E-state index in [0.29, 0.717) is 0 Å². The highest BCUT2D eigenvalue weighted by Crippen LogP contribution is 2.22. The van der Waals surface area contributed by atoms with Crippen LogP contribution in [0.25, 0.3) is 6.08 Å². The first-order valence-corrected chi connectivity index (χ1v) is 9.28. The third kappa shape index (κ3) is 5.48. The molecular weight excluding hydrogens is 320 g/mol. The number of hydrogen-bond acceptors (Lipinski definition) is 2. The van der Waals surface area contributed by atoms with Crippen LogP contribution in [-0.2, 0) is 10.2 Å². The van der Waals surface area contributed by atoms with Gasteiger partial charge in [-0.15, -0.1) is 0 Å². The standard InChI is InChI=1S/C23H30N2O/c1-6-25(7-2)21-15-13-20(14-16-21)24-22(26)17-10-18-8-11-19(12-9-18)23(3,4)5/h8-17H,6-7H2,1-5H3,(H,24,26). The maximum absolute atomic E-state index is 12.1. The first kappa shape index (κ1) is 19.8. The molecule has 2 aromatic rings. The average Bonchev–Trinajstić information content (AvgIpc) is 2.62. The van der Waals surface area contributed by atoms with Crippen molar-refractivity contribution in [2.24, 2.45) is 0 Å². The molecule has 0 radical (unpaired) electrons. The normalized spacial score (nSPS) is 11.6. The van der Waals surface area contributed by atoms with Crippen molar-refractivity contribution in [1.82, 2.24) is 0 Å². The molecule has 0 heterocycles. The van der Waals surface area contributed by atoms with Gasteiger partial charge in [0, 0.05) is 30.5 Å². The van der Waals surface area contributed by atoms with Gasteiger partial charge in [0.25, 0.3) is 0 Å². The van der Waals surface area contributed by atoms with Crippen LogP contribution in [0.1, 0.15) is 45.7 Å². The van der Waals surface area contributed by atoms with E-state index in [1.807, 2.05) is 42.5 Å². The summed E-state index contributed by atoms with van der Waals surface area (Å²) in [6.45, 7) is 12.8. The second kappa shape index (κ2) is 8.70. The molecule has 0 aliphatic rings. The van der Waals surface area contributed by atoms with Gasteiger partial charge in [0.15, 0.2) is 0 Å². The van der Waals surface area contributed by atoms with Crippen LogP contribution in [-0.4, -0.2) is 19.0 Å². The van der Waals surface area contributed by atoms with Gasteiger partial charge in [0.2, 0.25) is 5.91 Å². The number of rotatable bonds is 6. The largest absolute Gasteiger partial charge is 0.372 e. The van der Waals surface area contributed by atoms with E-state index in [1.165, 1.54) is 11.3 Å². The number of hydrogen-bond donors (Lipinski definition) is 1. The number of nitrogens with zero attached hydrogens (tertiary/aromatic N) is 1. The van der Waals surface area contributed by atoms with E-state index in [9.17, 15) is 4.79 Å². The molecule has 3 heteroatoms. The molecule has 1 amide bonds. The quantitative estimate of drug-likeness (QED) is 0.699. The molecule has 0 saturated heterocycles. The molecule has 26 heavy (non-hydrogen) atoms. The van der Waals surface area contributed by atoms with Crippen LogP contribution in [0.4, 0.5) is 11.4 Å². The van der Waals surface area contributed by atoms with Crippen molar-refractivity contribution in [2.45, 2.75) is 40.0 Å². The Labute approximate surface area is 157 Å². The number of carbonyl (C=O) groups excluding carboxylic acids is 1. The zero-order valence-electron chi connectivity index (χ0n) is 16.5. The third-order valence-electron chi connectivity index (χ3n) is 4.47. The van der Waals surface area contributed by atoms with Crippen molar-refractivity contribution in [1.29, 1.82) is 0 Å². The van der Waals surface area contributed by atoms with Crippen LogP contribution in [0.3, 0.4) is 0 Å². The Morgan fingerprint density at radius 1 is 0.962 bits per heavy atom. The van der Waals surface area contributed by atoms with Gasteiger partial charge in [-0.05, 0) is 60.7 Å². The van der Waals surface area contributed by atoms with E-state index >= 15 is 0 Å². The molecule has 0 aliphatic carbocycles. The zero-order valence-corrected chi connectivity index (χ0v) is 16.5. The van der Waals surface area contributed by atoms with Gasteiger partial charge < -0.3 is 10.2 Å². The second-order valence-electron chi connectivity index (χ2n) is 7.41. The summed E-state index contributed by atoms with van der Waals surface area (Å²) >= 11 is 0. The minimum Gasteiger partial charge on any atom is -0.372 e. The van der Waals surface area contributed by atoms with Crippen LogP contribution in [0.15, 0.2) is 54.6 Å². The molecule has 0 spiro atoms. The van der Waals surface area contributed by atoms with Gasteiger partial charge >= 0.3 is 0 Å². The number of amides is 1. The molecule has 138 valence electrons. The molecule has 0 aromatic heterocycles. The second-order valence-corrected chi connectivity index (χ2v) is 7.41. The molecule has 0 saturated carbocycles. The first-order chi connectivity index (χ1) is 12.3. The highest BCUT2D eigenvalue weighted by molar-refractivity contribution is 6.02. The van der Waals surface area contributed by atoms with Crippen LogP contribution in [0, 0.1) is 0 Å². The Morgan fingerprint density at radius 3 is 2.04 bits per heavy atom. The highest BCUT2D eigenvalue weighted by Gasteiger charge is 2.12. The molecule has 0 aliphatic heterocycles. The summed E-state index contributed by atoms with van der Waals surface area (Å²) in [6, 6.07) is 16.3. The summed E-state index contributed by atoms with van der Waals surface area (Å²) in [4.78, 5) is 14.4. The maximum atomic E-state index is 12.1. The first-order valence-electron chi connectivity index (χ1n) is 9.28. The fourth-order valence-corrected chi connectivity index (χ4v) is 2.79. The Balaban J connectivity index is 1.96. The molecule has 0 fully saturated rings. The van der Waals surface area contributed by atoms with Crippen molar-refractivity contribution in [3.63, 3.8) is 0 Å². The van der Waals surface area contributed by atoms with Gasteiger partial charge in [0.1, 0.15) is 0 Å². The Morgan fingerprint density at radius 2 is 1.54 bits per heavy atom. The van der Waals surface area contributed by atoms with Crippen LogP contribution in [0.2, 0.25) is 0 Å². The number of anilines is 2. The third-order valence-corrected chi connectivity index (χ3v) is 4.47. The number of benzene rings is 2. The van der Waals surface area contributed by atoms with Crippen LogP contribution in [0.5, 0.6) is 0 Å². The highest BCUT2D eigenvalue weighted by atomic mass is 16.1. The summed E-state index contributed by atoms with van der Waals surface area (Å²) in [5.74, 6) is -0.125. The SMILES string of the molecule is CCN(CC)c1ccc(NC(=O)C=Cc2ccc(C(C)(C)C)cc2)cc1. The van der Waals surface area contributed by atoms with Gasteiger partial charge in [-0.25, -0.2) is 0 Å². The van der Waals surface area contributed by atoms with E-state index < -0.39 is 0 Å². The minimum atomic E-state index is -0.125. The fraction of sp³-hybridized carbons (Fsp3) is 0.348. The van der Waals surface area contributed by atoms with E-state index in [2.05, 4.69) is 57.0 Å². The lowest BCUT2D eigenvalue weighted by atomic mass is 9.87. The van der Waals surface area contributed by atoms with Crippen molar-refractivity contribution >= 4 is 23.4 Å². The van der Waals surface area contributed by atoms with Gasteiger partial charge in [-0.1, -0.05) is 45.0 Å². The maximum Gasteiger partial charge on any atom is 0.248 e. The van der Waals surface area contributed by atoms with Gasteiger partial charge in [0.05, 0.1) is 0 Å². The van der Waals surface area contributed by atoms with Crippen molar-refractivity contribution in [3.8, 4) is 0 Å². The monoisotopic (exact) mass is 350 g/mol. The van der Waals surface area contributed by atoms with Crippen molar-refractivity contribution < 1.29 is 4.79 Å². The van der Waals surface area contributed by atoms with E-state index in [0.717, 1.165) is 24.3 Å². The minimum absolute atomic E-state index is 0.125. The molecule has 0 bridgehead atoms. The summed E-state index contributed by atoms with van der Waals surface area (Å²) in [5, 5.41) is 2.91. The molecular formula is C23H30N2O. The van der Waals surface area contributed by atoms with Crippen LogP contribution >= 0.6 is 0 Å². The van der Waals surface area contributed by atoms with E-state index in [4.69, 9.17) is 0 Å². The van der Waals surface area contributed by atoms with Crippen LogP contribution < -0.4 is 10.2 Å². The predicted octanol–water partition coefficient (Wildman–Crippen LogP) is 5.48. The topological polar surface area (TPSA) is 32.3 Å². The Hall–Kier alpha value is -2.55. The lowest BCUT2D eigenvalue weighted by molar-refractivity contribution is -0.111. The lowest BCUT2D eigenvalue weighted by Crippen LogP contribution is -2.21. The average molecular weight is 351 g/mol. The van der Waals surface area contributed by atoms with Crippen molar-refractivity contribution in [2.75, 3.05) is 23.3 Å². The number of nitrogens with one attached hydrogen (secondary N) is 1. The lowest BCUT2D eigenvalue weighted by Gasteiger charge is -2.21. The van der Waals surface area contributed by atoms with E-state index in [1.54, 1.807) is 6.08 Å². The number of carbonyl (C=O) groups is 1. The summed E-state index contributed by atoms with van der Waals surface area (Å²) in [6.07, 6.45) is 3.41. The van der Waals surface area contributed by atoms with E-state index in [-0.39, 0.29) is 11.3 Å². The zero-order chi connectivity index (χ0) is 19.2. The molecule has 3 nitrogen and oxygen atoms in total. The summed E-state index contributed by atoms with van der Waals surface area (Å²) in [7, 11) is 0. The molecule has 2 rings (SSSR count). The van der Waals surface area contributed by atoms with Crippen molar-refractivity contribution in [3.05, 3.63) is 65.7 Å². The van der Waals surface area contributed by atoms with Gasteiger partial charge in [-0.3, -0.25) is 4.79 Å². The Kier molecular flexibility index (Phi) is 6.62. The molecule has 0 atom stereocenters.